The Balaban J connectivity index is 2.12. The Bertz CT molecular complexity index is 678. The third-order valence-electron chi connectivity index (χ3n) is 3.75. The molecule has 0 saturated heterocycles. The number of aromatic amines is 1. The number of nitrogens with zero attached hydrogens (tertiary/aromatic N) is 1. The summed E-state index contributed by atoms with van der Waals surface area (Å²) in [6, 6.07) is 8.48. The van der Waals surface area contributed by atoms with E-state index in [9.17, 15) is 4.79 Å². The molecule has 1 atom stereocenters. The molecule has 1 aromatic heterocycles. The highest BCUT2D eigenvalue weighted by Crippen LogP contribution is 2.34. The monoisotopic (exact) mass is 366 g/mol. The van der Waals surface area contributed by atoms with Crippen molar-refractivity contribution < 1.29 is 0 Å². The lowest BCUT2D eigenvalue weighted by Gasteiger charge is -2.24. The highest BCUT2D eigenvalue weighted by atomic mass is 127. The van der Waals surface area contributed by atoms with E-state index in [1.54, 1.807) is 0 Å². The molecular formula is C15H15IN2O. The Morgan fingerprint density at radius 2 is 2.16 bits per heavy atom. The van der Waals surface area contributed by atoms with Crippen molar-refractivity contribution in [3.8, 4) is 0 Å². The summed E-state index contributed by atoms with van der Waals surface area (Å²) in [7, 11) is 0. The molecule has 1 unspecified atom stereocenters. The topological polar surface area (TPSA) is 45.8 Å². The molecule has 0 aliphatic heterocycles. The average molecular weight is 366 g/mol. The molecule has 4 heteroatoms. The molecule has 1 N–H and O–H groups in total. The highest BCUT2D eigenvalue weighted by Gasteiger charge is 2.23. The smallest absolute Gasteiger partial charge is 0.264 e. The van der Waals surface area contributed by atoms with E-state index < -0.39 is 0 Å². The molecular weight excluding hydrogens is 351 g/mol. The molecule has 3 nitrogen and oxygen atoms in total. The molecule has 3 rings (SSSR count). The van der Waals surface area contributed by atoms with Crippen molar-refractivity contribution in [2.75, 3.05) is 0 Å². The van der Waals surface area contributed by atoms with E-state index in [1.807, 2.05) is 6.92 Å². The van der Waals surface area contributed by atoms with E-state index in [0.29, 0.717) is 3.57 Å². The second-order valence-electron chi connectivity index (χ2n) is 4.99. The normalized spacial score (nSPS) is 18.1. The van der Waals surface area contributed by atoms with Crippen molar-refractivity contribution in [1.29, 1.82) is 0 Å². The molecule has 0 amide bonds. The van der Waals surface area contributed by atoms with Crippen LogP contribution in [0.2, 0.25) is 0 Å². The number of H-pyrrole nitrogens is 1. The van der Waals surface area contributed by atoms with E-state index in [4.69, 9.17) is 0 Å². The number of aromatic nitrogens is 2. The van der Waals surface area contributed by atoms with Crippen LogP contribution in [0.5, 0.6) is 0 Å². The summed E-state index contributed by atoms with van der Waals surface area (Å²) in [5.41, 5.74) is 3.50. The minimum Gasteiger partial charge on any atom is -0.309 e. The molecule has 1 aliphatic rings. The van der Waals surface area contributed by atoms with Crippen LogP contribution < -0.4 is 5.56 Å². The predicted octanol–water partition coefficient (Wildman–Crippen LogP) is 3.15. The van der Waals surface area contributed by atoms with Gasteiger partial charge in [0.15, 0.2) is 0 Å². The van der Waals surface area contributed by atoms with Gasteiger partial charge in [-0.1, -0.05) is 24.3 Å². The van der Waals surface area contributed by atoms with Crippen molar-refractivity contribution in [2.24, 2.45) is 0 Å². The lowest BCUT2D eigenvalue weighted by molar-refractivity contribution is 0.586. The Morgan fingerprint density at radius 3 is 2.95 bits per heavy atom. The first kappa shape index (κ1) is 12.8. The molecule has 98 valence electrons. The zero-order valence-corrected chi connectivity index (χ0v) is 12.9. The fourth-order valence-electron chi connectivity index (χ4n) is 2.80. The van der Waals surface area contributed by atoms with Gasteiger partial charge in [0.25, 0.3) is 5.56 Å². The van der Waals surface area contributed by atoms with Gasteiger partial charge in [-0.05, 0) is 59.9 Å². The summed E-state index contributed by atoms with van der Waals surface area (Å²) in [4.78, 5) is 19.5. The Hall–Kier alpha value is -1.17. The number of benzene rings is 1. The molecule has 0 radical (unpaired) electrons. The maximum absolute atomic E-state index is 11.9. The van der Waals surface area contributed by atoms with Crippen LogP contribution >= 0.6 is 22.6 Å². The molecule has 1 heterocycles. The molecule has 0 fully saturated rings. The van der Waals surface area contributed by atoms with Crippen LogP contribution in [-0.2, 0) is 6.42 Å². The van der Waals surface area contributed by atoms with Gasteiger partial charge in [-0.15, -0.1) is 0 Å². The molecule has 1 aromatic carbocycles. The first-order valence-corrected chi connectivity index (χ1v) is 7.59. The van der Waals surface area contributed by atoms with Crippen LogP contribution in [0.1, 0.15) is 41.4 Å². The van der Waals surface area contributed by atoms with Gasteiger partial charge in [0.05, 0.1) is 9.26 Å². The summed E-state index contributed by atoms with van der Waals surface area (Å²) in [6.45, 7) is 1.90. The number of nitrogens with one attached hydrogen (secondary N) is 1. The van der Waals surface area contributed by atoms with E-state index >= 15 is 0 Å². The zero-order chi connectivity index (χ0) is 13.4. The molecule has 2 aromatic rings. The summed E-state index contributed by atoms with van der Waals surface area (Å²) < 4.78 is 0.686. The third kappa shape index (κ3) is 2.33. The average Bonchev–Trinajstić information content (AvgIpc) is 2.43. The zero-order valence-electron chi connectivity index (χ0n) is 10.7. The Morgan fingerprint density at radius 1 is 1.37 bits per heavy atom. The number of halogens is 1. The molecule has 0 spiro atoms. The molecule has 1 aliphatic carbocycles. The van der Waals surface area contributed by atoms with Gasteiger partial charge in [0.2, 0.25) is 0 Å². The first-order chi connectivity index (χ1) is 9.16. The van der Waals surface area contributed by atoms with E-state index in [-0.39, 0.29) is 11.5 Å². The number of fused-ring (bicyclic) bond motifs is 1. The largest absolute Gasteiger partial charge is 0.309 e. The second kappa shape index (κ2) is 5.07. The highest BCUT2D eigenvalue weighted by molar-refractivity contribution is 14.1. The number of hydrogen-bond donors (Lipinski definition) is 1. The first-order valence-electron chi connectivity index (χ1n) is 6.51. The molecule has 19 heavy (non-hydrogen) atoms. The van der Waals surface area contributed by atoms with Crippen molar-refractivity contribution in [3.63, 3.8) is 0 Å². The van der Waals surface area contributed by atoms with Gasteiger partial charge in [0, 0.05) is 5.92 Å². The van der Waals surface area contributed by atoms with E-state index in [2.05, 4.69) is 56.8 Å². The van der Waals surface area contributed by atoms with Gasteiger partial charge in [-0.2, -0.15) is 0 Å². The third-order valence-corrected chi connectivity index (χ3v) is 5.02. The second-order valence-corrected chi connectivity index (χ2v) is 6.07. The summed E-state index contributed by atoms with van der Waals surface area (Å²) >= 11 is 2.05. The fraction of sp³-hybridized carbons (Fsp3) is 0.333. The number of rotatable bonds is 1. The quantitative estimate of drug-likeness (QED) is 0.789. The van der Waals surface area contributed by atoms with Crippen LogP contribution in [0.4, 0.5) is 0 Å². The molecule has 0 bridgehead atoms. The minimum atomic E-state index is -0.0221. The number of hydrogen-bond acceptors (Lipinski definition) is 2. The van der Waals surface area contributed by atoms with Crippen LogP contribution in [0.3, 0.4) is 0 Å². The van der Waals surface area contributed by atoms with Gasteiger partial charge in [-0.3, -0.25) is 4.79 Å². The summed E-state index contributed by atoms with van der Waals surface area (Å²) in [6.07, 6.45) is 3.33. The maximum atomic E-state index is 11.9. The van der Waals surface area contributed by atoms with Gasteiger partial charge in [0.1, 0.15) is 5.82 Å². The van der Waals surface area contributed by atoms with Crippen LogP contribution in [0.25, 0.3) is 0 Å². The lowest BCUT2D eigenvalue weighted by atomic mass is 9.82. The van der Waals surface area contributed by atoms with Crippen LogP contribution in [0, 0.1) is 10.5 Å². The maximum Gasteiger partial charge on any atom is 0.264 e. The SMILES string of the molecule is Cc1nc(C2CCCc3ccccc32)[nH]c(=O)c1I. The standard InChI is InChI=1S/C15H15IN2O/c1-9-13(16)15(19)18-14(17-9)12-8-4-6-10-5-2-3-7-11(10)12/h2-3,5,7,12H,4,6,8H2,1H3,(H,17,18,19). The fourth-order valence-corrected chi connectivity index (χ4v) is 3.05. The van der Waals surface area contributed by atoms with Crippen molar-refractivity contribution >= 4 is 22.6 Å². The summed E-state index contributed by atoms with van der Waals surface area (Å²) in [5, 5.41) is 0. The number of aryl methyl sites for hydroxylation is 2. The van der Waals surface area contributed by atoms with Gasteiger partial charge >= 0.3 is 0 Å². The summed E-state index contributed by atoms with van der Waals surface area (Å²) in [5.74, 6) is 1.04. The van der Waals surface area contributed by atoms with E-state index in [1.165, 1.54) is 11.1 Å². The van der Waals surface area contributed by atoms with Gasteiger partial charge < -0.3 is 4.98 Å². The molecule has 0 saturated carbocycles. The predicted molar refractivity (Wildman–Crippen MR) is 83.5 cm³/mol. The lowest BCUT2D eigenvalue weighted by Crippen LogP contribution is -2.21. The van der Waals surface area contributed by atoms with Crippen molar-refractivity contribution in [3.05, 3.63) is 60.8 Å². The van der Waals surface area contributed by atoms with Gasteiger partial charge in [-0.25, -0.2) is 4.98 Å². The van der Waals surface area contributed by atoms with Crippen LogP contribution in [0.15, 0.2) is 29.1 Å². The van der Waals surface area contributed by atoms with E-state index in [0.717, 1.165) is 30.8 Å². The Kier molecular flexibility index (Phi) is 3.43. The van der Waals surface area contributed by atoms with Crippen molar-refractivity contribution in [1.82, 2.24) is 9.97 Å². The van der Waals surface area contributed by atoms with Crippen LogP contribution in [-0.4, -0.2) is 9.97 Å². The minimum absolute atomic E-state index is 0.0221. The Labute approximate surface area is 125 Å². The van der Waals surface area contributed by atoms with Crippen molar-refractivity contribution in [2.45, 2.75) is 32.1 Å².